The minimum absolute atomic E-state index is 0.100. The topological polar surface area (TPSA) is 80.2 Å². The van der Waals surface area contributed by atoms with Crippen molar-refractivity contribution in [1.82, 2.24) is 20.3 Å². The van der Waals surface area contributed by atoms with Crippen LogP contribution in [0.3, 0.4) is 0 Å². The molecule has 0 spiro atoms. The Morgan fingerprint density at radius 3 is 2.74 bits per heavy atom. The van der Waals surface area contributed by atoms with Crippen LogP contribution in [0, 0.1) is 0 Å². The number of benzene rings is 1. The van der Waals surface area contributed by atoms with Crippen LogP contribution in [-0.2, 0) is 0 Å². The van der Waals surface area contributed by atoms with Gasteiger partial charge < -0.3 is 15.0 Å². The normalized spacial score (nSPS) is 16.3. The van der Waals surface area contributed by atoms with Gasteiger partial charge in [-0.05, 0) is 43.2 Å². The zero-order valence-corrected chi connectivity index (χ0v) is 15.4. The minimum Gasteiger partial charge on any atom is -0.431 e. The first-order chi connectivity index (χ1) is 13.3. The van der Waals surface area contributed by atoms with Gasteiger partial charge in [0, 0.05) is 48.7 Å². The third-order valence-electron chi connectivity index (χ3n) is 4.42. The summed E-state index contributed by atoms with van der Waals surface area (Å²) in [5.41, 5.74) is 0.599. The highest BCUT2D eigenvalue weighted by molar-refractivity contribution is 7.11. The number of ether oxygens (including phenoxy) is 1. The van der Waals surface area contributed by atoms with Crippen molar-refractivity contribution in [3.63, 3.8) is 0 Å². The van der Waals surface area contributed by atoms with Gasteiger partial charge in [0.2, 0.25) is 5.95 Å². The minimum atomic E-state index is -0.100. The summed E-state index contributed by atoms with van der Waals surface area (Å²) in [5, 5.41) is 5.45. The van der Waals surface area contributed by atoms with E-state index in [0.29, 0.717) is 23.1 Å². The van der Waals surface area contributed by atoms with Crippen LogP contribution in [-0.4, -0.2) is 40.0 Å². The molecule has 138 valence electrons. The number of carbonyl (C=O) groups is 1. The molecular weight excluding hydrogens is 362 g/mol. The number of carbonyl (C=O) groups excluding carboxylic acids is 1. The van der Waals surface area contributed by atoms with E-state index >= 15 is 0 Å². The first-order valence-corrected chi connectivity index (χ1v) is 9.67. The van der Waals surface area contributed by atoms with Gasteiger partial charge in [-0.15, -0.1) is 0 Å². The third kappa shape index (κ3) is 4.22. The maximum Gasteiger partial charge on any atom is 0.278 e. The second-order valence-electron chi connectivity index (χ2n) is 6.17. The largest absolute Gasteiger partial charge is 0.431 e. The number of amides is 1. The van der Waals surface area contributed by atoms with E-state index in [9.17, 15) is 4.79 Å². The Hall–Kier alpha value is -3.00. The first kappa shape index (κ1) is 17.4. The smallest absolute Gasteiger partial charge is 0.278 e. The number of nitrogens with zero attached hydrogens (tertiary/aromatic N) is 4. The zero-order chi connectivity index (χ0) is 18.5. The van der Waals surface area contributed by atoms with Crippen molar-refractivity contribution >= 4 is 23.2 Å². The molecular formula is C19H19N5O2S. The zero-order valence-electron chi connectivity index (χ0n) is 14.6. The quantitative estimate of drug-likeness (QED) is 0.707. The van der Waals surface area contributed by atoms with E-state index in [2.05, 4.69) is 25.2 Å². The van der Waals surface area contributed by atoms with Gasteiger partial charge in [0.1, 0.15) is 5.75 Å². The van der Waals surface area contributed by atoms with Crippen LogP contribution in [0.5, 0.6) is 10.9 Å². The van der Waals surface area contributed by atoms with Crippen LogP contribution in [0.4, 0.5) is 5.95 Å². The van der Waals surface area contributed by atoms with Crippen LogP contribution < -0.4 is 15.0 Å². The summed E-state index contributed by atoms with van der Waals surface area (Å²) in [7, 11) is 0. The van der Waals surface area contributed by atoms with Crippen molar-refractivity contribution in [2.45, 2.75) is 18.9 Å². The van der Waals surface area contributed by atoms with E-state index in [1.54, 1.807) is 48.9 Å². The predicted octanol–water partition coefficient (Wildman–Crippen LogP) is 3.12. The lowest BCUT2D eigenvalue weighted by Crippen LogP contribution is -2.41. The van der Waals surface area contributed by atoms with Gasteiger partial charge in [0.05, 0.1) is 0 Å². The molecule has 7 nitrogen and oxygen atoms in total. The molecule has 1 fully saturated rings. The highest BCUT2D eigenvalue weighted by atomic mass is 32.1. The first-order valence-electron chi connectivity index (χ1n) is 8.79. The van der Waals surface area contributed by atoms with E-state index in [4.69, 9.17) is 4.74 Å². The number of anilines is 1. The average Bonchev–Trinajstić information content (AvgIpc) is 3.39. The van der Waals surface area contributed by atoms with Crippen molar-refractivity contribution in [1.29, 1.82) is 0 Å². The van der Waals surface area contributed by atoms with Crippen molar-refractivity contribution in [3.8, 4) is 10.9 Å². The molecule has 0 saturated carbocycles. The molecule has 27 heavy (non-hydrogen) atoms. The van der Waals surface area contributed by atoms with Crippen molar-refractivity contribution in [2.24, 2.45) is 0 Å². The molecule has 1 saturated heterocycles. The third-order valence-corrected chi connectivity index (χ3v) is 5.06. The van der Waals surface area contributed by atoms with Crippen LogP contribution in [0.15, 0.2) is 54.3 Å². The molecule has 1 atom stereocenters. The fourth-order valence-electron chi connectivity index (χ4n) is 3.10. The Morgan fingerprint density at radius 2 is 2.00 bits per heavy atom. The van der Waals surface area contributed by atoms with Gasteiger partial charge >= 0.3 is 0 Å². The second kappa shape index (κ2) is 8.13. The summed E-state index contributed by atoms with van der Waals surface area (Å²) >= 11 is 1.42. The number of aromatic nitrogens is 3. The van der Waals surface area contributed by atoms with Crippen molar-refractivity contribution < 1.29 is 9.53 Å². The SMILES string of the molecule is O=C(NCC1CCCN1c1ncccn1)c1ccc(Oc2nccs2)cc1. The molecule has 8 heteroatoms. The number of hydrogen-bond acceptors (Lipinski definition) is 7. The summed E-state index contributed by atoms with van der Waals surface area (Å²) in [4.78, 5) is 27.3. The molecule has 0 aliphatic carbocycles. The Balaban J connectivity index is 1.33. The predicted molar refractivity (Wildman–Crippen MR) is 103 cm³/mol. The Kier molecular flexibility index (Phi) is 5.24. The molecule has 3 aromatic rings. The van der Waals surface area contributed by atoms with E-state index < -0.39 is 0 Å². The average molecular weight is 381 g/mol. The number of nitrogens with one attached hydrogen (secondary N) is 1. The molecule has 2 aromatic heterocycles. The summed E-state index contributed by atoms with van der Waals surface area (Å²) in [6.45, 7) is 1.47. The van der Waals surface area contributed by atoms with Crippen molar-refractivity contribution in [3.05, 3.63) is 59.9 Å². The molecule has 4 rings (SSSR count). The van der Waals surface area contributed by atoms with Gasteiger partial charge in [-0.3, -0.25) is 4.79 Å². The summed E-state index contributed by atoms with van der Waals surface area (Å²) in [6, 6.07) is 9.07. The van der Waals surface area contributed by atoms with Crippen LogP contribution in [0.25, 0.3) is 0 Å². The summed E-state index contributed by atoms with van der Waals surface area (Å²) in [6.07, 6.45) is 7.26. The Morgan fingerprint density at radius 1 is 1.19 bits per heavy atom. The fraction of sp³-hybridized carbons (Fsp3) is 0.263. The molecule has 1 N–H and O–H groups in total. The van der Waals surface area contributed by atoms with E-state index in [1.165, 1.54) is 11.3 Å². The fourth-order valence-corrected chi connectivity index (χ4v) is 3.60. The van der Waals surface area contributed by atoms with Gasteiger partial charge in [-0.2, -0.15) is 0 Å². The standard InChI is InChI=1S/C19H19N5O2S/c25-17(14-4-6-16(7-5-14)26-19-22-10-12-27-19)23-13-15-3-1-11-24(15)18-20-8-2-9-21-18/h2,4-10,12,15H,1,3,11,13H2,(H,23,25). The molecule has 1 aromatic carbocycles. The molecule has 3 heterocycles. The van der Waals surface area contributed by atoms with E-state index in [1.807, 2.05) is 5.38 Å². The van der Waals surface area contributed by atoms with E-state index in [0.717, 1.165) is 25.3 Å². The number of rotatable bonds is 6. The monoisotopic (exact) mass is 381 g/mol. The molecule has 1 aliphatic heterocycles. The summed E-state index contributed by atoms with van der Waals surface area (Å²) < 4.78 is 5.61. The molecule has 1 unspecified atom stereocenters. The van der Waals surface area contributed by atoms with E-state index in [-0.39, 0.29) is 11.9 Å². The molecule has 1 aliphatic rings. The second-order valence-corrected chi connectivity index (χ2v) is 7.03. The van der Waals surface area contributed by atoms with Crippen molar-refractivity contribution in [2.75, 3.05) is 18.0 Å². The Bertz CT molecular complexity index is 871. The molecule has 0 bridgehead atoms. The maximum absolute atomic E-state index is 12.5. The Labute approximate surface area is 161 Å². The molecule has 1 amide bonds. The highest BCUT2D eigenvalue weighted by Crippen LogP contribution is 2.24. The van der Waals surface area contributed by atoms with Gasteiger partial charge in [-0.1, -0.05) is 11.3 Å². The number of thiazole rings is 1. The van der Waals surface area contributed by atoms with Gasteiger partial charge in [0.25, 0.3) is 11.1 Å². The maximum atomic E-state index is 12.5. The lowest BCUT2D eigenvalue weighted by Gasteiger charge is -2.24. The lowest BCUT2D eigenvalue weighted by molar-refractivity contribution is 0.0951. The lowest BCUT2D eigenvalue weighted by atomic mass is 10.2. The van der Waals surface area contributed by atoms with Gasteiger partial charge in [0.15, 0.2) is 0 Å². The number of hydrogen-bond donors (Lipinski definition) is 1. The highest BCUT2D eigenvalue weighted by Gasteiger charge is 2.26. The summed E-state index contributed by atoms with van der Waals surface area (Å²) in [5.74, 6) is 1.28. The van der Waals surface area contributed by atoms with Crippen LogP contribution in [0.1, 0.15) is 23.2 Å². The van der Waals surface area contributed by atoms with Crippen LogP contribution >= 0.6 is 11.3 Å². The van der Waals surface area contributed by atoms with Gasteiger partial charge in [-0.25, -0.2) is 15.0 Å². The molecule has 0 radical (unpaired) electrons. The van der Waals surface area contributed by atoms with Crippen LogP contribution in [0.2, 0.25) is 0 Å².